The van der Waals surface area contributed by atoms with Crippen LogP contribution in [0.15, 0.2) is 24.3 Å². The third-order valence-electron chi connectivity index (χ3n) is 7.42. The van der Waals surface area contributed by atoms with Gasteiger partial charge in [0.15, 0.2) is 5.78 Å². The van der Waals surface area contributed by atoms with Crippen LogP contribution in [0.1, 0.15) is 33.3 Å². The maximum absolute atomic E-state index is 13.0. The molecule has 4 bridgehead atoms. The van der Waals surface area contributed by atoms with Gasteiger partial charge in [-0.05, 0) is 39.8 Å². The van der Waals surface area contributed by atoms with Crippen LogP contribution in [-0.4, -0.2) is 44.5 Å². The van der Waals surface area contributed by atoms with Crippen LogP contribution in [0.25, 0.3) is 0 Å². The summed E-state index contributed by atoms with van der Waals surface area (Å²) in [4.78, 5) is 18.9. The highest BCUT2D eigenvalue weighted by Gasteiger charge is 2.75. The molecular formula is C20H29N3O+2. The first-order chi connectivity index (χ1) is 11.3. The van der Waals surface area contributed by atoms with E-state index in [-0.39, 0.29) is 16.5 Å². The van der Waals surface area contributed by atoms with Gasteiger partial charge in [0.1, 0.15) is 43.6 Å². The Labute approximate surface area is 144 Å². The number of quaternary nitrogens is 2. The Morgan fingerprint density at radius 1 is 1.00 bits per heavy atom. The van der Waals surface area contributed by atoms with Gasteiger partial charge < -0.3 is 4.90 Å². The summed E-state index contributed by atoms with van der Waals surface area (Å²) in [5.41, 5.74) is 2.81. The molecule has 0 amide bonds. The van der Waals surface area contributed by atoms with Crippen molar-refractivity contribution in [2.24, 2.45) is 10.8 Å². The van der Waals surface area contributed by atoms with Crippen LogP contribution >= 0.6 is 0 Å². The lowest BCUT2D eigenvalue weighted by Gasteiger charge is -2.62. The summed E-state index contributed by atoms with van der Waals surface area (Å²) in [7, 11) is 0. The second-order valence-corrected chi connectivity index (χ2v) is 9.51. The summed E-state index contributed by atoms with van der Waals surface area (Å²) < 4.78 is 0. The first kappa shape index (κ1) is 14.9. The zero-order chi connectivity index (χ0) is 16.9. The van der Waals surface area contributed by atoms with E-state index >= 15 is 0 Å². The topological polar surface area (TPSA) is 29.2 Å². The van der Waals surface area contributed by atoms with Crippen LogP contribution in [0.3, 0.4) is 0 Å². The van der Waals surface area contributed by atoms with Crippen LogP contribution < -0.4 is 14.7 Å². The number of carbonyl (C=O) groups is 1. The Morgan fingerprint density at radius 3 is 2.08 bits per heavy atom. The molecule has 0 atom stereocenters. The molecule has 1 spiro atoms. The fourth-order valence-electron chi connectivity index (χ4n) is 6.61. The Balaban J connectivity index is 1.68. The summed E-state index contributed by atoms with van der Waals surface area (Å²) in [5, 5.41) is 0. The van der Waals surface area contributed by atoms with E-state index in [9.17, 15) is 4.79 Å². The number of hydrogen-bond acceptors (Lipinski definition) is 2. The molecule has 6 rings (SSSR count). The number of anilines is 1. The molecule has 128 valence electrons. The zero-order valence-electron chi connectivity index (χ0n) is 15.3. The fraction of sp³-hybridized carbons (Fsp3) is 0.650. The standard InChI is InChI=1S/C20H27N3O/c1-14(2)23-13-20(15-7-5-6-8-16(15)23)21-9-18(3)10-22(20)12-19(4,11-21)17(18)24/h5-8,14H,9-13H2,1-4H3/p+2. The van der Waals surface area contributed by atoms with Crippen LogP contribution in [0.4, 0.5) is 5.69 Å². The number of fused-ring (bicyclic) bond motifs is 1. The summed E-state index contributed by atoms with van der Waals surface area (Å²) in [6.07, 6.45) is 0. The predicted octanol–water partition coefficient (Wildman–Crippen LogP) is -0.540. The average molecular weight is 327 g/mol. The minimum absolute atomic E-state index is 0.124. The molecule has 0 aliphatic carbocycles. The first-order valence-corrected chi connectivity index (χ1v) is 9.42. The molecule has 4 nitrogen and oxygen atoms in total. The SMILES string of the molecule is CC(C)N1CC2(c3ccccc31)[NH+]1CC3(C)C[NH+]2CC(C)(C1)C3=O. The molecule has 1 aromatic rings. The van der Waals surface area contributed by atoms with Gasteiger partial charge in [0.2, 0.25) is 0 Å². The van der Waals surface area contributed by atoms with Crippen molar-refractivity contribution < 1.29 is 14.6 Å². The van der Waals surface area contributed by atoms with Gasteiger partial charge in [-0.25, -0.2) is 0 Å². The van der Waals surface area contributed by atoms with Crippen LogP contribution in [0.2, 0.25) is 0 Å². The number of ketones is 1. The summed E-state index contributed by atoms with van der Waals surface area (Å²) in [5.74, 6) is 0.532. The molecule has 0 aromatic heterocycles. The van der Waals surface area contributed by atoms with Gasteiger partial charge in [-0.3, -0.25) is 14.6 Å². The van der Waals surface area contributed by atoms with Gasteiger partial charge in [0.05, 0.1) is 11.3 Å². The zero-order valence-corrected chi connectivity index (χ0v) is 15.3. The van der Waals surface area contributed by atoms with Gasteiger partial charge >= 0.3 is 0 Å². The normalized spacial score (nSPS) is 45.5. The predicted molar refractivity (Wildman–Crippen MR) is 93.2 cm³/mol. The molecule has 4 fully saturated rings. The Morgan fingerprint density at radius 2 is 1.54 bits per heavy atom. The molecule has 4 heteroatoms. The van der Waals surface area contributed by atoms with Crippen molar-refractivity contribution in [1.29, 1.82) is 0 Å². The fourth-order valence-corrected chi connectivity index (χ4v) is 6.61. The van der Waals surface area contributed by atoms with Crippen molar-refractivity contribution in [3.8, 4) is 0 Å². The number of para-hydroxylation sites is 1. The molecule has 1 aromatic carbocycles. The lowest BCUT2D eigenvalue weighted by molar-refractivity contribution is -1.21. The minimum atomic E-state index is -0.124. The third-order valence-corrected chi connectivity index (χ3v) is 7.42. The van der Waals surface area contributed by atoms with E-state index in [4.69, 9.17) is 0 Å². The van der Waals surface area contributed by atoms with Crippen molar-refractivity contribution in [2.75, 3.05) is 37.6 Å². The number of rotatable bonds is 1. The Kier molecular flexibility index (Phi) is 2.63. The highest BCUT2D eigenvalue weighted by molar-refractivity contribution is 5.91. The number of hydrogen-bond donors (Lipinski definition) is 2. The van der Waals surface area contributed by atoms with Gasteiger partial charge in [-0.1, -0.05) is 12.1 Å². The highest BCUT2D eigenvalue weighted by Crippen LogP contribution is 2.42. The molecule has 5 aliphatic heterocycles. The Bertz CT molecular complexity index is 700. The molecule has 5 aliphatic rings. The van der Waals surface area contributed by atoms with E-state index in [1.165, 1.54) is 11.3 Å². The number of carbonyl (C=O) groups excluding carboxylic acids is 1. The van der Waals surface area contributed by atoms with Crippen molar-refractivity contribution >= 4 is 11.5 Å². The molecular weight excluding hydrogens is 298 g/mol. The van der Waals surface area contributed by atoms with E-state index in [1.54, 1.807) is 9.80 Å². The van der Waals surface area contributed by atoms with Crippen molar-refractivity contribution in [3.63, 3.8) is 0 Å². The van der Waals surface area contributed by atoms with Crippen LogP contribution in [0, 0.1) is 10.8 Å². The molecule has 0 unspecified atom stereocenters. The Hall–Kier alpha value is -1.39. The summed E-state index contributed by atoms with van der Waals surface area (Å²) in [6, 6.07) is 9.53. The van der Waals surface area contributed by atoms with Crippen LogP contribution in [-0.2, 0) is 10.5 Å². The third kappa shape index (κ3) is 1.50. The van der Waals surface area contributed by atoms with E-state index < -0.39 is 0 Å². The average Bonchev–Trinajstić information content (AvgIpc) is 2.86. The number of nitrogens with one attached hydrogen (secondary N) is 2. The van der Waals surface area contributed by atoms with Gasteiger partial charge in [0, 0.05) is 6.04 Å². The van der Waals surface area contributed by atoms with E-state index in [1.807, 2.05) is 0 Å². The largest absolute Gasteiger partial charge is 0.356 e. The second kappa shape index (κ2) is 4.23. The smallest absolute Gasteiger partial charge is 0.269 e. The van der Waals surface area contributed by atoms with E-state index in [0.717, 1.165) is 32.7 Å². The molecule has 24 heavy (non-hydrogen) atoms. The maximum Gasteiger partial charge on any atom is 0.269 e. The minimum Gasteiger partial charge on any atom is -0.356 e. The van der Waals surface area contributed by atoms with Crippen molar-refractivity contribution in [3.05, 3.63) is 29.8 Å². The van der Waals surface area contributed by atoms with E-state index in [0.29, 0.717) is 11.8 Å². The number of nitrogens with zero attached hydrogens (tertiary/aromatic N) is 1. The van der Waals surface area contributed by atoms with Crippen molar-refractivity contribution in [1.82, 2.24) is 0 Å². The van der Waals surface area contributed by atoms with Crippen molar-refractivity contribution in [2.45, 2.75) is 39.4 Å². The lowest BCUT2D eigenvalue weighted by Crippen LogP contribution is -3.48. The van der Waals surface area contributed by atoms with Crippen LogP contribution in [0.5, 0.6) is 0 Å². The molecule has 2 N–H and O–H groups in total. The number of Topliss-reactive ketones (excluding diaryl/α,β-unsaturated/α-hetero) is 1. The van der Waals surface area contributed by atoms with Gasteiger partial charge in [-0.2, -0.15) is 0 Å². The summed E-state index contributed by atoms with van der Waals surface area (Å²) >= 11 is 0. The van der Waals surface area contributed by atoms with Gasteiger partial charge in [-0.15, -0.1) is 0 Å². The number of benzene rings is 1. The van der Waals surface area contributed by atoms with E-state index in [2.05, 4.69) is 56.9 Å². The van der Waals surface area contributed by atoms with Gasteiger partial charge in [0.25, 0.3) is 5.66 Å². The molecule has 0 saturated carbocycles. The molecule has 5 heterocycles. The summed E-state index contributed by atoms with van der Waals surface area (Å²) in [6.45, 7) is 14.2. The first-order valence-electron chi connectivity index (χ1n) is 9.42. The maximum atomic E-state index is 13.0. The molecule has 4 saturated heterocycles. The quantitative estimate of drug-likeness (QED) is 0.726. The highest BCUT2D eigenvalue weighted by atomic mass is 16.1. The molecule has 0 radical (unpaired) electrons. The monoisotopic (exact) mass is 327 g/mol. The second-order valence-electron chi connectivity index (χ2n) is 9.51. The lowest BCUT2D eigenvalue weighted by atomic mass is 9.60. The number of piperidine rings is 2.